The normalized spacial score (nSPS) is 12.8. The van der Waals surface area contributed by atoms with Gasteiger partial charge in [0.1, 0.15) is 0 Å². The first-order valence-corrected chi connectivity index (χ1v) is 8.93. The Labute approximate surface area is 168 Å². The van der Waals surface area contributed by atoms with Crippen molar-refractivity contribution < 1.29 is 36.7 Å². The molecule has 1 aromatic heterocycles. The highest BCUT2D eigenvalue weighted by molar-refractivity contribution is 5.69. The van der Waals surface area contributed by atoms with E-state index >= 15 is 0 Å². The van der Waals surface area contributed by atoms with Gasteiger partial charge in [-0.3, -0.25) is 4.79 Å². The van der Waals surface area contributed by atoms with E-state index in [0.717, 1.165) is 17.7 Å². The number of esters is 1. The van der Waals surface area contributed by atoms with Gasteiger partial charge in [-0.05, 0) is 36.2 Å². The lowest BCUT2D eigenvalue weighted by Crippen LogP contribution is -2.06. The lowest BCUT2D eigenvalue weighted by Gasteiger charge is -2.05. The molecular weight excluding hydrogens is 405 g/mol. The number of aromatic nitrogens is 2. The maximum atomic E-state index is 12.6. The minimum absolute atomic E-state index is 0.0429. The molecule has 0 radical (unpaired) electrons. The zero-order valence-electron chi connectivity index (χ0n) is 15.4. The SMILES string of the molecule is O=C(CCc1ccc2c(c1)OCO2)OCc1nc(-c2ccc(C(F)(F)F)cc2)no1. The van der Waals surface area contributed by atoms with Gasteiger partial charge in [0, 0.05) is 12.0 Å². The number of fused-ring (bicyclic) bond motifs is 1. The van der Waals surface area contributed by atoms with Crippen LogP contribution in [0.3, 0.4) is 0 Å². The van der Waals surface area contributed by atoms with Gasteiger partial charge in [-0.25, -0.2) is 0 Å². The Balaban J connectivity index is 1.28. The van der Waals surface area contributed by atoms with E-state index in [9.17, 15) is 18.0 Å². The molecule has 0 amide bonds. The maximum Gasteiger partial charge on any atom is 0.416 e. The Morgan fingerprint density at radius 2 is 1.83 bits per heavy atom. The van der Waals surface area contributed by atoms with Gasteiger partial charge in [-0.15, -0.1) is 0 Å². The van der Waals surface area contributed by atoms with Gasteiger partial charge < -0.3 is 18.7 Å². The van der Waals surface area contributed by atoms with Crippen LogP contribution in [0.5, 0.6) is 11.5 Å². The lowest BCUT2D eigenvalue weighted by molar-refractivity contribution is -0.145. The lowest BCUT2D eigenvalue weighted by atomic mass is 10.1. The minimum atomic E-state index is -4.42. The summed E-state index contributed by atoms with van der Waals surface area (Å²) in [4.78, 5) is 16.0. The van der Waals surface area contributed by atoms with E-state index in [1.165, 1.54) is 12.1 Å². The van der Waals surface area contributed by atoms with Crippen LogP contribution in [0, 0.1) is 0 Å². The molecule has 3 aromatic rings. The summed E-state index contributed by atoms with van der Waals surface area (Å²) < 4.78 is 58.5. The Hall–Kier alpha value is -3.56. The van der Waals surface area contributed by atoms with Crippen LogP contribution in [-0.2, 0) is 28.7 Å². The number of hydrogen-bond donors (Lipinski definition) is 0. The van der Waals surface area contributed by atoms with E-state index in [4.69, 9.17) is 18.7 Å². The van der Waals surface area contributed by atoms with E-state index in [1.807, 2.05) is 12.1 Å². The third-order valence-electron chi connectivity index (χ3n) is 4.35. The molecule has 0 atom stereocenters. The molecule has 1 aliphatic rings. The summed E-state index contributed by atoms with van der Waals surface area (Å²) in [6.45, 7) is -0.0485. The molecule has 0 unspecified atom stereocenters. The maximum absolute atomic E-state index is 12.6. The molecule has 1 aliphatic heterocycles. The quantitative estimate of drug-likeness (QED) is 0.554. The predicted molar refractivity (Wildman–Crippen MR) is 95.4 cm³/mol. The smallest absolute Gasteiger partial charge is 0.416 e. The van der Waals surface area contributed by atoms with Crippen molar-refractivity contribution in [2.24, 2.45) is 0 Å². The average molecular weight is 420 g/mol. The molecule has 2 aromatic carbocycles. The third kappa shape index (κ3) is 4.53. The van der Waals surface area contributed by atoms with Crippen molar-refractivity contribution in [1.29, 1.82) is 0 Å². The average Bonchev–Trinajstić information content (AvgIpc) is 3.39. The van der Waals surface area contributed by atoms with Crippen LogP contribution < -0.4 is 9.47 Å². The van der Waals surface area contributed by atoms with Crippen LogP contribution in [0.4, 0.5) is 13.2 Å². The predicted octanol–water partition coefficient (Wildman–Crippen LogP) is 4.16. The van der Waals surface area contributed by atoms with Crippen molar-refractivity contribution in [3.05, 3.63) is 59.5 Å². The molecular formula is C20H15F3N2O5. The number of benzene rings is 2. The van der Waals surface area contributed by atoms with Crippen molar-refractivity contribution in [3.8, 4) is 22.9 Å². The molecule has 4 rings (SSSR count). The number of ether oxygens (including phenoxy) is 3. The van der Waals surface area contributed by atoms with Crippen LogP contribution in [0.1, 0.15) is 23.4 Å². The van der Waals surface area contributed by atoms with E-state index < -0.39 is 17.7 Å². The van der Waals surface area contributed by atoms with Crippen molar-refractivity contribution in [1.82, 2.24) is 10.1 Å². The molecule has 2 heterocycles. The van der Waals surface area contributed by atoms with Crippen molar-refractivity contribution in [2.75, 3.05) is 6.79 Å². The van der Waals surface area contributed by atoms with Gasteiger partial charge >= 0.3 is 12.1 Å². The second-order valence-electron chi connectivity index (χ2n) is 6.44. The van der Waals surface area contributed by atoms with Gasteiger partial charge in [0.05, 0.1) is 5.56 Å². The highest BCUT2D eigenvalue weighted by Gasteiger charge is 2.30. The Bertz CT molecular complexity index is 1050. The summed E-state index contributed by atoms with van der Waals surface area (Å²) in [7, 11) is 0. The van der Waals surface area contributed by atoms with Crippen LogP contribution in [-0.4, -0.2) is 22.9 Å². The third-order valence-corrected chi connectivity index (χ3v) is 4.35. The highest BCUT2D eigenvalue weighted by Crippen LogP contribution is 2.33. The summed E-state index contributed by atoms with van der Waals surface area (Å²) in [5, 5.41) is 3.70. The number of hydrogen-bond acceptors (Lipinski definition) is 7. The number of aryl methyl sites for hydroxylation is 1. The van der Waals surface area contributed by atoms with E-state index in [1.54, 1.807) is 6.07 Å². The standard InChI is InChI=1S/C20H15F3N2O5/c21-20(22,23)14-5-3-13(4-6-14)19-24-17(30-25-19)10-27-18(26)8-2-12-1-7-15-16(9-12)29-11-28-15/h1,3-7,9H,2,8,10-11H2. The van der Waals surface area contributed by atoms with Gasteiger partial charge in [0.25, 0.3) is 5.89 Å². The summed E-state index contributed by atoms with van der Waals surface area (Å²) in [6.07, 6.45) is -3.83. The van der Waals surface area contributed by atoms with E-state index in [-0.39, 0.29) is 31.5 Å². The second-order valence-corrected chi connectivity index (χ2v) is 6.44. The number of alkyl halides is 3. The molecule has 0 spiro atoms. The van der Waals surface area contributed by atoms with Crippen molar-refractivity contribution in [3.63, 3.8) is 0 Å². The Morgan fingerprint density at radius 3 is 2.60 bits per heavy atom. The molecule has 0 bridgehead atoms. The molecule has 0 aliphatic carbocycles. The van der Waals surface area contributed by atoms with Crippen LogP contribution >= 0.6 is 0 Å². The number of nitrogens with zero attached hydrogens (tertiary/aromatic N) is 2. The topological polar surface area (TPSA) is 83.7 Å². The van der Waals surface area contributed by atoms with Crippen LogP contribution in [0.15, 0.2) is 47.0 Å². The summed E-state index contributed by atoms with van der Waals surface area (Å²) in [5.41, 5.74) is 0.483. The largest absolute Gasteiger partial charge is 0.456 e. The Morgan fingerprint density at radius 1 is 1.07 bits per heavy atom. The number of carbonyl (C=O) groups excluding carboxylic acids is 1. The van der Waals surface area contributed by atoms with Crippen molar-refractivity contribution >= 4 is 5.97 Å². The molecule has 0 fully saturated rings. The fourth-order valence-electron chi connectivity index (χ4n) is 2.80. The molecule has 10 heteroatoms. The fraction of sp³-hybridized carbons (Fsp3) is 0.250. The van der Waals surface area contributed by atoms with Crippen LogP contribution in [0.2, 0.25) is 0 Å². The number of halogens is 3. The molecule has 7 nitrogen and oxygen atoms in total. The first-order valence-electron chi connectivity index (χ1n) is 8.93. The number of rotatable bonds is 6. The minimum Gasteiger partial charge on any atom is -0.456 e. The molecule has 156 valence electrons. The number of carbonyl (C=O) groups is 1. The Kier molecular flexibility index (Phi) is 5.30. The van der Waals surface area contributed by atoms with E-state index in [2.05, 4.69) is 10.1 Å². The fourth-order valence-corrected chi connectivity index (χ4v) is 2.80. The van der Waals surface area contributed by atoms with Gasteiger partial charge in [-0.2, -0.15) is 18.2 Å². The first kappa shape index (κ1) is 19.7. The molecule has 0 saturated heterocycles. The van der Waals surface area contributed by atoms with Gasteiger partial charge in [0.2, 0.25) is 12.6 Å². The van der Waals surface area contributed by atoms with E-state index in [0.29, 0.717) is 23.5 Å². The highest BCUT2D eigenvalue weighted by atomic mass is 19.4. The summed E-state index contributed by atoms with van der Waals surface area (Å²) >= 11 is 0. The monoisotopic (exact) mass is 420 g/mol. The molecule has 0 saturated carbocycles. The summed E-state index contributed by atoms with van der Waals surface area (Å²) in [6, 6.07) is 9.79. The zero-order chi connectivity index (χ0) is 21.1. The van der Waals surface area contributed by atoms with Gasteiger partial charge in [0.15, 0.2) is 18.1 Å². The zero-order valence-corrected chi connectivity index (χ0v) is 15.4. The first-order chi connectivity index (χ1) is 14.4. The van der Waals surface area contributed by atoms with Crippen molar-refractivity contribution in [2.45, 2.75) is 25.6 Å². The van der Waals surface area contributed by atoms with Crippen LogP contribution in [0.25, 0.3) is 11.4 Å². The second kappa shape index (κ2) is 8.05. The molecule has 30 heavy (non-hydrogen) atoms. The summed E-state index contributed by atoms with van der Waals surface area (Å²) in [5.74, 6) is 1.00. The van der Waals surface area contributed by atoms with Gasteiger partial charge in [-0.1, -0.05) is 23.4 Å². The molecule has 0 N–H and O–H groups in total.